The third-order valence-corrected chi connectivity index (χ3v) is 7.81. The molecule has 2 saturated carbocycles. The molecule has 2 aliphatic rings. The van der Waals surface area contributed by atoms with E-state index < -0.39 is 10.0 Å². The molecule has 0 bridgehead atoms. The number of aromatic amines is 1. The summed E-state index contributed by atoms with van der Waals surface area (Å²) in [6, 6.07) is 0. The van der Waals surface area contributed by atoms with Gasteiger partial charge in [-0.25, -0.2) is 8.42 Å². The first-order valence-electron chi connectivity index (χ1n) is 9.01. The van der Waals surface area contributed by atoms with E-state index >= 15 is 0 Å². The van der Waals surface area contributed by atoms with Crippen molar-refractivity contribution >= 4 is 15.9 Å². The number of amides is 1. The van der Waals surface area contributed by atoms with E-state index in [0.29, 0.717) is 11.3 Å². The van der Waals surface area contributed by atoms with E-state index in [2.05, 4.69) is 41.2 Å². The lowest BCUT2D eigenvalue weighted by atomic mass is 9.66. The zero-order valence-corrected chi connectivity index (χ0v) is 15.9. The first-order chi connectivity index (χ1) is 11.7. The summed E-state index contributed by atoms with van der Waals surface area (Å²) in [7, 11) is -3.77. The molecule has 1 aromatic heterocycles. The van der Waals surface area contributed by atoms with Crippen LogP contribution in [0.15, 0.2) is 17.3 Å². The summed E-state index contributed by atoms with van der Waals surface area (Å²) in [5.41, 5.74) is 2.82. The molecule has 8 heteroatoms. The Bertz CT molecular complexity index is 719. The van der Waals surface area contributed by atoms with Gasteiger partial charge in [-0.15, -0.1) is 4.83 Å². The normalized spacial score (nSPS) is 29.6. The fourth-order valence-corrected chi connectivity index (χ4v) is 4.94. The molecule has 0 aliphatic heterocycles. The number of H-pyrrole nitrogens is 1. The number of hydrazine groups is 1. The van der Waals surface area contributed by atoms with Crippen LogP contribution < -0.4 is 10.3 Å². The van der Waals surface area contributed by atoms with Crippen molar-refractivity contribution in [3.63, 3.8) is 0 Å². The summed E-state index contributed by atoms with van der Waals surface area (Å²) in [6.07, 6.45) is 8.95. The van der Waals surface area contributed by atoms with Crippen LogP contribution >= 0.6 is 0 Å². The Morgan fingerprint density at radius 1 is 1.40 bits per heavy atom. The number of hydrogen-bond donors (Lipinski definition) is 3. The number of sulfonamides is 1. The smallest absolute Gasteiger partial charge is 0.260 e. The number of aromatic nitrogens is 2. The number of hydrogen-bond acceptors (Lipinski definition) is 4. The summed E-state index contributed by atoms with van der Waals surface area (Å²) >= 11 is 0. The van der Waals surface area contributed by atoms with Crippen molar-refractivity contribution in [2.75, 3.05) is 0 Å². The fourth-order valence-electron chi connectivity index (χ4n) is 4.18. The molecular formula is C17H28N4O3S. The van der Waals surface area contributed by atoms with Crippen LogP contribution in [0, 0.1) is 22.7 Å². The van der Waals surface area contributed by atoms with Gasteiger partial charge in [0.2, 0.25) is 5.91 Å². The SMILES string of the molecule is CCC(C)(C)C1CCC2(CC1)CC2C(=O)NNS(=O)(=O)c1cn[nH]c1. The van der Waals surface area contributed by atoms with Gasteiger partial charge in [-0.2, -0.15) is 5.10 Å². The van der Waals surface area contributed by atoms with E-state index in [-0.39, 0.29) is 22.1 Å². The predicted octanol–water partition coefficient (Wildman–Crippen LogP) is 2.35. The molecule has 140 valence electrons. The summed E-state index contributed by atoms with van der Waals surface area (Å²) in [4.78, 5) is 14.5. The second-order valence-corrected chi connectivity index (χ2v) is 9.95. The van der Waals surface area contributed by atoms with E-state index in [4.69, 9.17) is 0 Å². The maximum Gasteiger partial charge on any atom is 0.260 e. The van der Waals surface area contributed by atoms with Crippen LogP contribution in [0.25, 0.3) is 0 Å². The maximum absolute atomic E-state index is 12.4. The van der Waals surface area contributed by atoms with Crippen LogP contribution in [0.5, 0.6) is 0 Å². The van der Waals surface area contributed by atoms with Gasteiger partial charge in [0.25, 0.3) is 10.0 Å². The Kier molecular flexibility index (Phi) is 4.70. The number of nitrogens with zero attached hydrogens (tertiary/aromatic N) is 1. The lowest BCUT2D eigenvalue weighted by Gasteiger charge is -2.39. The van der Waals surface area contributed by atoms with Gasteiger partial charge in [0.15, 0.2) is 0 Å². The van der Waals surface area contributed by atoms with E-state index in [1.165, 1.54) is 18.8 Å². The van der Waals surface area contributed by atoms with E-state index in [1.807, 2.05) is 0 Å². The minimum absolute atomic E-state index is 0.000570. The third kappa shape index (κ3) is 3.60. The van der Waals surface area contributed by atoms with Gasteiger partial charge in [0.05, 0.1) is 6.20 Å². The lowest BCUT2D eigenvalue weighted by molar-refractivity contribution is -0.123. The molecule has 0 radical (unpaired) electrons. The Labute approximate surface area is 149 Å². The molecule has 7 nitrogen and oxygen atoms in total. The molecule has 1 spiro atoms. The molecule has 1 amide bonds. The Morgan fingerprint density at radius 3 is 2.64 bits per heavy atom. The van der Waals surface area contributed by atoms with Crippen molar-refractivity contribution < 1.29 is 13.2 Å². The molecule has 1 aromatic rings. The maximum atomic E-state index is 12.4. The molecule has 25 heavy (non-hydrogen) atoms. The van der Waals surface area contributed by atoms with Crippen LogP contribution in [0.1, 0.15) is 59.3 Å². The summed E-state index contributed by atoms with van der Waals surface area (Å²) in [5, 5.41) is 6.05. The van der Waals surface area contributed by atoms with Crippen molar-refractivity contribution in [3.8, 4) is 0 Å². The molecule has 1 heterocycles. The zero-order chi connectivity index (χ0) is 18.3. The average molecular weight is 369 g/mol. The standard InChI is InChI=1S/C17H28N4O3S/c1-4-16(2,3)12-5-7-17(8-6-12)9-14(17)15(22)20-21-25(23,24)13-10-18-19-11-13/h10-12,14,21H,4-9H2,1-3H3,(H,18,19)(H,20,22). The fraction of sp³-hybridized carbons (Fsp3) is 0.765. The first-order valence-corrected chi connectivity index (χ1v) is 10.5. The number of nitrogens with one attached hydrogen (secondary N) is 3. The van der Waals surface area contributed by atoms with Crippen LogP contribution in [-0.2, 0) is 14.8 Å². The minimum Gasteiger partial charge on any atom is -0.284 e. The molecule has 1 atom stereocenters. The van der Waals surface area contributed by atoms with Gasteiger partial charge >= 0.3 is 0 Å². The predicted molar refractivity (Wildman–Crippen MR) is 93.6 cm³/mol. The summed E-state index contributed by atoms with van der Waals surface area (Å²) in [5.74, 6) is 0.414. The van der Waals surface area contributed by atoms with Gasteiger partial charge in [0.1, 0.15) is 4.90 Å². The second kappa shape index (κ2) is 6.39. The molecule has 0 aromatic carbocycles. The Morgan fingerprint density at radius 2 is 2.08 bits per heavy atom. The van der Waals surface area contributed by atoms with Gasteiger partial charge in [-0.05, 0) is 48.9 Å². The molecule has 2 fully saturated rings. The zero-order valence-electron chi connectivity index (χ0n) is 15.1. The van der Waals surface area contributed by atoms with Gasteiger partial charge in [0, 0.05) is 12.1 Å². The topological polar surface area (TPSA) is 104 Å². The second-order valence-electron chi connectivity index (χ2n) is 8.26. The highest BCUT2D eigenvalue weighted by molar-refractivity contribution is 7.89. The van der Waals surface area contributed by atoms with Crippen molar-refractivity contribution in [1.82, 2.24) is 20.5 Å². The lowest BCUT2D eigenvalue weighted by Crippen LogP contribution is -2.43. The van der Waals surface area contributed by atoms with E-state index in [0.717, 1.165) is 32.1 Å². The highest BCUT2D eigenvalue weighted by Crippen LogP contribution is 2.63. The van der Waals surface area contributed by atoms with Crippen molar-refractivity contribution in [2.24, 2.45) is 22.7 Å². The van der Waals surface area contributed by atoms with E-state index in [1.54, 1.807) is 0 Å². The molecular weight excluding hydrogens is 340 g/mol. The van der Waals surface area contributed by atoms with Gasteiger partial charge < -0.3 is 0 Å². The van der Waals surface area contributed by atoms with Crippen molar-refractivity contribution in [2.45, 2.75) is 64.2 Å². The molecule has 3 N–H and O–H groups in total. The highest BCUT2D eigenvalue weighted by Gasteiger charge is 2.59. The molecule has 3 rings (SSSR count). The Hall–Kier alpha value is -1.41. The first kappa shape index (κ1) is 18.4. The van der Waals surface area contributed by atoms with Crippen LogP contribution in [0.2, 0.25) is 0 Å². The largest absolute Gasteiger partial charge is 0.284 e. The van der Waals surface area contributed by atoms with Gasteiger partial charge in [-0.1, -0.05) is 27.2 Å². The van der Waals surface area contributed by atoms with Crippen LogP contribution in [0.4, 0.5) is 0 Å². The Balaban J connectivity index is 1.52. The summed E-state index contributed by atoms with van der Waals surface area (Å²) < 4.78 is 24.0. The quantitative estimate of drug-likeness (QED) is 0.670. The van der Waals surface area contributed by atoms with E-state index in [9.17, 15) is 13.2 Å². The van der Waals surface area contributed by atoms with Gasteiger partial charge in [-0.3, -0.25) is 15.3 Å². The highest BCUT2D eigenvalue weighted by atomic mass is 32.2. The van der Waals surface area contributed by atoms with Crippen molar-refractivity contribution in [1.29, 1.82) is 0 Å². The molecule has 2 aliphatic carbocycles. The van der Waals surface area contributed by atoms with Crippen LogP contribution in [-0.4, -0.2) is 24.5 Å². The monoisotopic (exact) mass is 368 g/mol. The molecule has 0 saturated heterocycles. The van der Waals surface area contributed by atoms with Crippen LogP contribution in [0.3, 0.4) is 0 Å². The third-order valence-electron chi connectivity index (χ3n) is 6.60. The van der Waals surface area contributed by atoms with Crippen molar-refractivity contribution in [3.05, 3.63) is 12.4 Å². The average Bonchev–Trinajstić information content (AvgIpc) is 3.01. The number of carbonyl (C=O) groups excluding carboxylic acids is 1. The molecule has 1 unspecified atom stereocenters. The summed E-state index contributed by atoms with van der Waals surface area (Å²) in [6.45, 7) is 6.90. The minimum atomic E-state index is -3.77. The number of rotatable bonds is 6. The number of carbonyl (C=O) groups is 1.